The quantitative estimate of drug-likeness (QED) is 0.907. The van der Waals surface area contributed by atoms with E-state index >= 15 is 0 Å². The second-order valence-corrected chi connectivity index (χ2v) is 5.83. The Labute approximate surface area is 108 Å². The summed E-state index contributed by atoms with van der Waals surface area (Å²) in [7, 11) is -3.00. The maximum Gasteiger partial charge on any atom is 0.178 e. The number of rotatable bonds is 2. The highest BCUT2D eigenvalue weighted by Gasteiger charge is 2.08. The summed E-state index contributed by atoms with van der Waals surface area (Å²) in [6.07, 6.45) is 0. The molecule has 0 radical (unpaired) electrons. The zero-order chi connectivity index (χ0) is 13.4. The van der Waals surface area contributed by atoms with Gasteiger partial charge in [-0.3, -0.25) is 0 Å². The summed E-state index contributed by atoms with van der Waals surface area (Å²) in [6.45, 7) is 1.64. The van der Waals surface area contributed by atoms with Crippen LogP contribution in [0, 0.1) is 0 Å². The van der Waals surface area contributed by atoms with Crippen molar-refractivity contribution in [2.45, 2.75) is 11.8 Å². The molecule has 0 aromatic heterocycles. The summed E-state index contributed by atoms with van der Waals surface area (Å²) in [4.78, 5) is 0.405. The fraction of sp³-hybridized carbons (Fsp3) is 0.143. The van der Waals surface area contributed by atoms with Crippen LogP contribution >= 0.6 is 0 Å². The monoisotopic (exact) mass is 264 g/mol. The zero-order valence-electron chi connectivity index (χ0n) is 10.2. The van der Waals surface area contributed by atoms with Crippen molar-refractivity contribution in [2.24, 2.45) is 0 Å². The van der Waals surface area contributed by atoms with Gasteiger partial charge in [-0.05, 0) is 24.3 Å². The second-order valence-electron chi connectivity index (χ2n) is 3.55. The van der Waals surface area contributed by atoms with Gasteiger partial charge in [0, 0.05) is 0 Å². The first-order valence-corrected chi connectivity index (χ1v) is 7.23. The van der Waals surface area contributed by atoms with Gasteiger partial charge in [-0.25, -0.2) is 8.42 Å². The molecule has 2 rings (SSSR count). The van der Waals surface area contributed by atoms with Gasteiger partial charge in [-0.1, -0.05) is 43.3 Å². The normalized spacial score (nSPS) is 10.3. The van der Waals surface area contributed by atoms with Gasteiger partial charge in [0.1, 0.15) is 5.75 Å². The van der Waals surface area contributed by atoms with Crippen LogP contribution in [0.5, 0.6) is 5.75 Å². The van der Waals surface area contributed by atoms with Crippen molar-refractivity contribution >= 4 is 9.84 Å². The number of hydrogen-bond donors (Lipinski definition) is 1. The summed E-state index contributed by atoms with van der Waals surface area (Å²) in [5.74, 6) is 0.485. The molecule has 2 aromatic carbocycles. The number of phenolic OH excluding ortho intramolecular Hbond substituents is 1. The molecule has 0 saturated heterocycles. The Hall–Kier alpha value is -1.81. The molecule has 2 aromatic rings. The smallest absolute Gasteiger partial charge is 0.178 e. The van der Waals surface area contributed by atoms with Crippen LogP contribution in [0.4, 0.5) is 0 Å². The van der Waals surface area contributed by atoms with Crippen molar-refractivity contribution in [3.63, 3.8) is 0 Å². The summed E-state index contributed by atoms with van der Waals surface area (Å²) in [6, 6.07) is 17.2. The Morgan fingerprint density at radius 2 is 1.33 bits per heavy atom. The van der Waals surface area contributed by atoms with Crippen molar-refractivity contribution in [2.75, 3.05) is 5.75 Å². The molecule has 0 atom stereocenters. The lowest BCUT2D eigenvalue weighted by molar-refractivity contribution is 0.475. The van der Waals surface area contributed by atoms with E-state index in [4.69, 9.17) is 5.11 Å². The van der Waals surface area contributed by atoms with E-state index in [-0.39, 0.29) is 5.75 Å². The molecule has 0 bridgehead atoms. The first kappa shape index (κ1) is 14.3. The van der Waals surface area contributed by atoms with Gasteiger partial charge in [0.25, 0.3) is 0 Å². The van der Waals surface area contributed by atoms with Crippen LogP contribution < -0.4 is 0 Å². The highest BCUT2D eigenvalue weighted by molar-refractivity contribution is 7.91. The lowest BCUT2D eigenvalue weighted by atomic mass is 10.3. The Balaban J connectivity index is 0.000000199. The molecular formula is C14H16O3S. The standard InChI is InChI=1S/C8H10O2S.C6H6O/c1-2-11(9,10)8-6-4-3-5-7-8;7-6-4-2-1-3-5-6/h3-7H,2H2,1H3;1-5,7H. The summed E-state index contributed by atoms with van der Waals surface area (Å²) < 4.78 is 22.4. The molecule has 0 amide bonds. The van der Waals surface area contributed by atoms with Crippen LogP contribution in [0.15, 0.2) is 65.6 Å². The zero-order valence-corrected chi connectivity index (χ0v) is 11.0. The first-order valence-electron chi connectivity index (χ1n) is 5.58. The van der Waals surface area contributed by atoms with E-state index < -0.39 is 9.84 Å². The van der Waals surface area contributed by atoms with E-state index in [1.165, 1.54) is 0 Å². The third-order valence-corrected chi connectivity index (χ3v) is 3.99. The van der Waals surface area contributed by atoms with Gasteiger partial charge in [-0.2, -0.15) is 0 Å². The Bertz CT molecular complexity index is 548. The number of sulfone groups is 1. The lowest BCUT2D eigenvalue weighted by Crippen LogP contribution is -2.02. The van der Waals surface area contributed by atoms with Crippen LogP contribution in [-0.2, 0) is 9.84 Å². The number of benzene rings is 2. The van der Waals surface area contributed by atoms with Crippen molar-refractivity contribution in [3.8, 4) is 5.75 Å². The number of phenols is 1. The number of para-hydroxylation sites is 1. The van der Waals surface area contributed by atoms with Crippen LogP contribution in [0.2, 0.25) is 0 Å². The average Bonchev–Trinajstić information content (AvgIpc) is 2.41. The average molecular weight is 264 g/mol. The highest BCUT2D eigenvalue weighted by Crippen LogP contribution is 2.08. The van der Waals surface area contributed by atoms with Crippen LogP contribution in [-0.4, -0.2) is 19.3 Å². The van der Waals surface area contributed by atoms with Gasteiger partial charge in [0.15, 0.2) is 9.84 Å². The van der Waals surface area contributed by atoms with Crippen molar-refractivity contribution in [3.05, 3.63) is 60.7 Å². The minimum Gasteiger partial charge on any atom is -0.508 e. The maximum atomic E-state index is 11.2. The van der Waals surface area contributed by atoms with Crippen molar-refractivity contribution in [1.29, 1.82) is 0 Å². The Morgan fingerprint density at radius 1 is 0.889 bits per heavy atom. The van der Waals surface area contributed by atoms with Gasteiger partial charge in [0.05, 0.1) is 10.6 Å². The Kier molecular flexibility index (Phi) is 5.39. The molecule has 3 nitrogen and oxygen atoms in total. The minimum atomic E-state index is -3.00. The fourth-order valence-electron chi connectivity index (χ4n) is 1.22. The van der Waals surface area contributed by atoms with E-state index in [1.807, 2.05) is 6.07 Å². The van der Waals surface area contributed by atoms with Crippen LogP contribution in [0.3, 0.4) is 0 Å². The predicted octanol–water partition coefficient (Wildman–Crippen LogP) is 2.87. The molecule has 1 N–H and O–H groups in total. The number of hydrogen-bond acceptors (Lipinski definition) is 3. The lowest BCUT2D eigenvalue weighted by Gasteiger charge is -1.98. The van der Waals surface area contributed by atoms with Crippen molar-refractivity contribution in [1.82, 2.24) is 0 Å². The second kappa shape index (κ2) is 6.81. The first-order chi connectivity index (χ1) is 8.56. The molecule has 96 valence electrons. The van der Waals surface area contributed by atoms with E-state index in [1.54, 1.807) is 61.5 Å². The van der Waals surface area contributed by atoms with Gasteiger partial charge in [0.2, 0.25) is 0 Å². The van der Waals surface area contributed by atoms with Crippen LogP contribution in [0.25, 0.3) is 0 Å². The fourth-order valence-corrected chi connectivity index (χ4v) is 2.13. The molecule has 0 heterocycles. The third kappa shape index (κ3) is 4.59. The highest BCUT2D eigenvalue weighted by atomic mass is 32.2. The van der Waals surface area contributed by atoms with Gasteiger partial charge >= 0.3 is 0 Å². The molecule has 18 heavy (non-hydrogen) atoms. The van der Waals surface area contributed by atoms with E-state index in [0.717, 1.165) is 0 Å². The van der Waals surface area contributed by atoms with Gasteiger partial charge < -0.3 is 5.11 Å². The molecular weight excluding hydrogens is 248 g/mol. The molecule has 4 heteroatoms. The summed E-state index contributed by atoms with van der Waals surface area (Å²) in [5.41, 5.74) is 0. The molecule has 0 aliphatic heterocycles. The number of aromatic hydroxyl groups is 1. The molecule has 0 spiro atoms. The van der Waals surface area contributed by atoms with Gasteiger partial charge in [-0.15, -0.1) is 0 Å². The van der Waals surface area contributed by atoms with Crippen molar-refractivity contribution < 1.29 is 13.5 Å². The molecule has 0 saturated carbocycles. The topological polar surface area (TPSA) is 54.4 Å². The minimum absolute atomic E-state index is 0.164. The largest absolute Gasteiger partial charge is 0.508 e. The molecule has 0 aliphatic carbocycles. The maximum absolute atomic E-state index is 11.2. The molecule has 0 unspecified atom stereocenters. The SMILES string of the molecule is CCS(=O)(=O)c1ccccc1.Oc1ccccc1. The Morgan fingerprint density at radius 3 is 1.67 bits per heavy atom. The van der Waals surface area contributed by atoms with E-state index in [0.29, 0.717) is 10.6 Å². The summed E-state index contributed by atoms with van der Waals surface area (Å²) >= 11 is 0. The van der Waals surface area contributed by atoms with Crippen LogP contribution in [0.1, 0.15) is 6.92 Å². The molecule has 0 fully saturated rings. The predicted molar refractivity (Wildman–Crippen MR) is 72.3 cm³/mol. The third-order valence-electron chi connectivity index (χ3n) is 2.24. The summed E-state index contributed by atoms with van der Waals surface area (Å²) in [5, 5.41) is 8.63. The van der Waals surface area contributed by atoms with E-state index in [9.17, 15) is 8.42 Å². The molecule has 0 aliphatic rings. The van der Waals surface area contributed by atoms with E-state index in [2.05, 4.69) is 0 Å².